The summed E-state index contributed by atoms with van der Waals surface area (Å²) in [5.74, 6) is -12.8. The first kappa shape index (κ1) is 81.6. The van der Waals surface area contributed by atoms with Crippen LogP contribution in [-0.2, 0) is 28.8 Å². The van der Waals surface area contributed by atoms with E-state index < -0.39 is 151 Å². The Labute approximate surface area is 619 Å². The summed E-state index contributed by atoms with van der Waals surface area (Å²) in [4.78, 5) is 170. The number of hydrogen-bond donors (Lipinski definition) is 10. The third-order valence-electron chi connectivity index (χ3n) is 18.7. The minimum atomic E-state index is -3.22. The van der Waals surface area contributed by atoms with Crippen molar-refractivity contribution in [3.63, 3.8) is 0 Å². The predicted molar refractivity (Wildman–Crippen MR) is 385 cm³/mol. The Morgan fingerprint density at radius 1 is 0.532 bits per heavy atom. The van der Waals surface area contributed by atoms with Gasteiger partial charge in [0.25, 0.3) is 45.4 Å². The van der Waals surface area contributed by atoms with Gasteiger partial charge in [-0.05, 0) is 80.6 Å². The SMILES string of the molecule is N#C[C@@H]1CC(F)(F)CN1C(=O)CNC(=O)c1ccnc2ccc(OCCCCNc3c(NCCNC(=O)CCC(C(=O)O)N4CCN(CC(=O)O)CCN(CCNc5c(NCCCCOc6ccc7nccc(C(=O)NCC(=O)N8CC(F)(F)C[C@H]8C#N)c7c6)c(=O)c5=O)CCN(CC(=O)O)CC4)c(=O)c3=O)cc12. The molecule has 3 aliphatic rings. The first-order chi connectivity index (χ1) is 52.1. The number of alkyl halides is 4. The number of aliphatic carboxylic acids is 3. The molecule has 1 unspecified atom stereocenters. The molecule has 38 heteroatoms. The Morgan fingerprint density at radius 2 is 0.945 bits per heavy atom. The minimum absolute atomic E-state index is 0.0105. The molecule has 0 spiro atoms. The number of pyridine rings is 2. The van der Waals surface area contributed by atoms with Gasteiger partial charge in [0.15, 0.2) is 0 Å². The van der Waals surface area contributed by atoms with Gasteiger partial charge in [-0.3, -0.25) is 87.1 Å². The summed E-state index contributed by atoms with van der Waals surface area (Å²) in [6.07, 6.45) is 2.66. The van der Waals surface area contributed by atoms with Crippen molar-refractivity contribution in [1.82, 2.24) is 55.3 Å². The predicted octanol–water partition coefficient (Wildman–Crippen LogP) is 0.761. The van der Waals surface area contributed by atoms with Gasteiger partial charge in [-0.2, -0.15) is 10.5 Å². The van der Waals surface area contributed by atoms with Gasteiger partial charge in [-0.1, -0.05) is 0 Å². The molecule has 5 amide bonds. The molecule has 4 aromatic carbocycles. The number of carboxylic acid groups (broad SMARTS) is 3. The number of halogens is 4. The lowest BCUT2D eigenvalue weighted by atomic mass is 10.1. The number of rotatable bonds is 37. The average Bonchev–Trinajstić information content (AvgIpc) is 1.30. The van der Waals surface area contributed by atoms with E-state index in [1.807, 2.05) is 4.90 Å². The second-order valence-corrected chi connectivity index (χ2v) is 26.5. The van der Waals surface area contributed by atoms with Crippen LogP contribution in [0.4, 0.5) is 40.3 Å². The molecule has 3 atom stereocenters. The third kappa shape index (κ3) is 22.3. The van der Waals surface area contributed by atoms with Crippen molar-refractivity contribution in [3.8, 4) is 23.6 Å². The van der Waals surface area contributed by atoms with Crippen LogP contribution in [0.15, 0.2) is 80.1 Å². The normalized spacial score (nSPS) is 17.5. The fourth-order valence-electron chi connectivity index (χ4n) is 13.0. The summed E-state index contributed by atoms with van der Waals surface area (Å²) in [6.45, 7) is -1.52. The van der Waals surface area contributed by atoms with E-state index in [-0.39, 0.29) is 152 Å². The number of nitrogens with zero attached hydrogens (tertiary/aromatic N) is 10. The van der Waals surface area contributed by atoms with Crippen LogP contribution < -0.4 is 68.4 Å². The molecule has 109 heavy (non-hydrogen) atoms. The summed E-state index contributed by atoms with van der Waals surface area (Å²) in [7, 11) is 0. The van der Waals surface area contributed by atoms with Crippen molar-refractivity contribution in [2.45, 2.75) is 81.3 Å². The Kier molecular flexibility index (Phi) is 28.3. The van der Waals surface area contributed by atoms with Crippen LogP contribution in [0.3, 0.4) is 0 Å². The maximum Gasteiger partial charge on any atom is 0.320 e. The topological polar surface area (TPSA) is 461 Å². The number of aromatic nitrogens is 2. The number of carbonyl (C=O) groups is 8. The number of nitriles is 2. The van der Waals surface area contributed by atoms with E-state index >= 15 is 0 Å². The van der Waals surface area contributed by atoms with Crippen LogP contribution >= 0.6 is 0 Å². The summed E-state index contributed by atoms with van der Waals surface area (Å²) in [6, 6.07) is 12.0. The van der Waals surface area contributed by atoms with Gasteiger partial charge < -0.3 is 71.8 Å². The average molecular weight is 1520 g/mol. The molecular formula is C71H83F4N17O17. The van der Waals surface area contributed by atoms with Crippen LogP contribution in [-0.4, -0.2) is 276 Å². The van der Waals surface area contributed by atoms with Crippen molar-refractivity contribution < 1.29 is 80.7 Å². The fourth-order valence-corrected chi connectivity index (χ4v) is 13.0. The van der Waals surface area contributed by atoms with Crippen molar-refractivity contribution in [2.75, 3.05) is 165 Å². The summed E-state index contributed by atoms with van der Waals surface area (Å²) in [5, 5.41) is 69.0. The smallest absolute Gasteiger partial charge is 0.320 e. The molecule has 3 aliphatic heterocycles. The zero-order chi connectivity index (χ0) is 78.5. The van der Waals surface area contributed by atoms with Crippen LogP contribution in [0.25, 0.3) is 21.8 Å². The molecule has 0 radical (unpaired) electrons. The zero-order valence-electron chi connectivity index (χ0n) is 59.3. The number of unbranched alkanes of at least 4 members (excludes halogenated alkanes) is 2. The van der Waals surface area contributed by atoms with Crippen molar-refractivity contribution in [3.05, 3.63) is 113 Å². The van der Waals surface area contributed by atoms with E-state index in [4.69, 9.17) is 9.47 Å². The van der Waals surface area contributed by atoms with Gasteiger partial charge in [0, 0.05) is 134 Å². The Morgan fingerprint density at radius 3 is 1.37 bits per heavy atom. The van der Waals surface area contributed by atoms with Gasteiger partial charge in [0.1, 0.15) is 52.4 Å². The number of fused-ring (bicyclic) bond motifs is 2. The zero-order valence-corrected chi connectivity index (χ0v) is 59.3. The molecule has 6 aromatic rings. The van der Waals surface area contributed by atoms with Crippen molar-refractivity contribution in [1.29, 1.82) is 10.5 Å². The van der Waals surface area contributed by atoms with E-state index in [0.717, 1.165) is 9.80 Å². The molecule has 0 bridgehead atoms. The monoisotopic (exact) mass is 1520 g/mol. The van der Waals surface area contributed by atoms with E-state index in [1.165, 1.54) is 24.5 Å². The maximum absolute atomic E-state index is 13.9. The number of amides is 5. The lowest BCUT2D eigenvalue weighted by molar-refractivity contribution is -0.145. The van der Waals surface area contributed by atoms with Gasteiger partial charge in [-0.25, -0.2) is 17.6 Å². The van der Waals surface area contributed by atoms with Crippen molar-refractivity contribution >= 4 is 92.0 Å². The summed E-state index contributed by atoms with van der Waals surface area (Å²) >= 11 is 0. The highest BCUT2D eigenvalue weighted by atomic mass is 19.3. The highest BCUT2D eigenvalue weighted by Crippen LogP contribution is 2.34. The molecular weight excluding hydrogens is 1440 g/mol. The van der Waals surface area contributed by atoms with Crippen LogP contribution in [0.2, 0.25) is 0 Å². The lowest BCUT2D eigenvalue weighted by Crippen LogP contribution is -2.52. The number of benzene rings is 2. The standard InChI is InChI=1S/C71H83F4N17O17/c72-70(73)33-43(35-76)91(41-70)55(94)37-85-67(104)47-11-15-78-51-7-5-45(31-49(47)51)108-29-3-1-13-81-59-61(65(102)63(59)100)83-18-17-80-54(93)10-9-53(69(106)107)90-27-25-88(39-57(96)97)23-21-87(22-24-89(26-28-90)40-58(98)99)20-19-84-62-60(64(101)66(62)103)82-14-2-4-30-109-46-6-8-52-50(32-46)48(12-16-79-52)68(105)86-38-56(95)92-42-71(74,75)34-44(92)36-77/h5-8,11-12,15-16,31-32,43-44,53,81-84H,1-4,9-10,13-14,17-30,33-34,37-42H2,(H,80,93)(H,85,104)(H,86,105)(H,96,97)(H,98,99)(H,106,107)/t43-,44-,53?/m0/s1. The number of likely N-dealkylation sites (tertiary alicyclic amines) is 2. The highest BCUT2D eigenvalue weighted by molar-refractivity contribution is 6.08. The molecule has 2 aromatic heterocycles. The van der Waals surface area contributed by atoms with Crippen LogP contribution in [0.5, 0.6) is 11.5 Å². The number of anilines is 4. The molecule has 3 fully saturated rings. The highest BCUT2D eigenvalue weighted by Gasteiger charge is 2.48. The largest absolute Gasteiger partial charge is 0.494 e. The van der Waals surface area contributed by atoms with Crippen LogP contribution in [0.1, 0.15) is 72.1 Å². The lowest BCUT2D eigenvalue weighted by Gasteiger charge is -2.35. The third-order valence-corrected chi connectivity index (χ3v) is 18.7. The first-order valence-corrected chi connectivity index (χ1v) is 35.3. The van der Waals surface area contributed by atoms with E-state index in [1.54, 1.807) is 63.2 Å². The number of carboxylic acids is 3. The Hall–Kier alpha value is -11.5. The second kappa shape index (κ2) is 37.9. The van der Waals surface area contributed by atoms with Gasteiger partial charge >= 0.3 is 17.9 Å². The molecule has 9 rings (SSSR count). The number of carbonyl (C=O) groups excluding carboxylic acids is 5. The molecule has 10 N–H and O–H groups in total. The van der Waals surface area contributed by atoms with E-state index in [9.17, 15) is 101 Å². The summed E-state index contributed by atoms with van der Waals surface area (Å²) < 4.78 is 67.5. The number of ether oxygens (including phenoxy) is 2. The van der Waals surface area contributed by atoms with Crippen molar-refractivity contribution in [2.24, 2.45) is 0 Å². The molecule has 0 saturated carbocycles. The van der Waals surface area contributed by atoms with Crippen LogP contribution in [0, 0.1) is 22.7 Å². The number of nitrogens with one attached hydrogen (secondary N) is 7. The molecule has 34 nitrogen and oxygen atoms in total. The summed E-state index contributed by atoms with van der Waals surface area (Å²) in [5.41, 5.74) is -1.59. The van der Waals surface area contributed by atoms with Gasteiger partial charge in [0.2, 0.25) is 17.7 Å². The van der Waals surface area contributed by atoms with E-state index in [0.29, 0.717) is 59.0 Å². The molecule has 0 aliphatic carbocycles. The second-order valence-electron chi connectivity index (χ2n) is 26.5. The molecule has 5 heterocycles. The first-order valence-electron chi connectivity index (χ1n) is 35.3. The fraction of sp³-hybridized carbons (Fsp3) is 0.493. The quantitative estimate of drug-likeness (QED) is 0.0146. The van der Waals surface area contributed by atoms with Gasteiger partial charge in [0.05, 0.1) is 86.8 Å². The maximum atomic E-state index is 13.9. The Bertz CT molecular complexity index is 4530. The Balaban J connectivity index is 0.677. The van der Waals surface area contributed by atoms with Gasteiger partial charge in [-0.15, -0.1) is 0 Å². The molecule has 3 saturated heterocycles. The molecule has 582 valence electrons. The minimum Gasteiger partial charge on any atom is -0.494 e. The number of hydrogen-bond acceptors (Lipinski definition) is 26. The van der Waals surface area contributed by atoms with E-state index in [2.05, 4.69) is 47.2 Å².